The Bertz CT molecular complexity index is 1270. The summed E-state index contributed by atoms with van der Waals surface area (Å²) in [6, 6.07) is 17.5. The third-order valence-electron chi connectivity index (χ3n) is 5.41. The zero-order valence-electron chi connectivity index (χ0n) is 17.0. The fourth-order valence-electron chi connectivity index (χ4n) is 3.90. The minimum Gasteiger partial charge on any atom is -0.497 e. The van der Waals surface area contributed by atoms with Gasteiger partial charge >= 0.3 is 0 Å². The van der Waals surface area contributed by atoms with Gasteiger partial charge in [0.25, 0.3) is 5.91 Å². The molecule has 3 N–H and O–H groups in total. The number of carbonyl (C=O) groups excluding carboxylic acids is 1. The van der Waals surface area contributed by atoms with E-state index in [1.807, 2.05) is 54.2 Å². The van der Waals surface area contributed by atoms with Crippen molar-refractivity contribution in [1.82, 2.24) is 4.98 Å². The Labute approximate surface area is 188 Å². The molecule has 1 amide bonds. The number of nitrogens with two attached hydrogens (primary N) is 1. The summed E-state index contributed by atoms with van der Waals surface area (Å²) >= 11 is 3.27. The van der Waals surface area contributed by atoms with Gasteiger partial charge in [0.05, 0.1) is 12.8 Å². The van der Waals surface area contributed by atoms with Crippen LogP contribution in [0.15, 0.2) is 54.6 Å². The lowest BCUT2D eigenvalue weighted by atomic mass is 9.95. The summed E-state index contributed by atoms with van der Waals surface area (Å²) in [4.78, 5) is 19.3. The first-order valence-electron chi connectivity index (χ1n) is 9.98. The van der Waals surface area contributed by atoms with Crippen molar-refractivity contribution in [3.05, 3.63) is 70.7 Å². The second-order valence-corrected chi connectivity index (χ2v) is 9.39. The molecule has 5 rings (SSSR count). The molecule has 0 atom stereocenters. The van der Waals surface area contributed by atoms with Crippen LogP contribution in [0.3, 0.4) is 0 Å². The molecule has 2 aromatic heterocycles. The number of fused-ring (bicyclic) bond motifs is 2. The summed E-state index contributed by atoms with van der Waals surface area (Å²) in [5.41, 5.74) is 12.4. The maximum atomic E-state index is 13.1. The van der Waals surface area contributed by atoms with Crippen molar-refractivity contribution in [3.63, 3.8) is 0 Å². The highest BCUT2D eigenvalue weighted by atomic mass is 32.2. The number of thioether (sulfide) groups is 1. The van der Waals surface area contributed by atoms with Crippen molar-refractivity contribution in [2.75, 3.05) is 23.9 Å². The number of amides is 1. The number of pyridine rings is 1. The van der Waals surface area contributed by atoms with Gasteiger partial charge in [0.2, 0.25) is 0 Å². The van der Waals surface area contributed by atoms with E-state index in [9.17, 15) is 4.79 Å². The van der Waals surface area contributed by atoms with Crippen molar-refractivity contribution in [1.29, 1.82) is 0 Å². The number of methoxy groups -OCH3 is 1. The second-order valence-electron chi connectivity index (χ2n) is 7.29. The monoisotopic (exact) mass is 447 g/mol. The molecule has 4 aromatic rings. The third-order valence-corrected chi connectivity index (χ3v) is 7.49. The molecule has 0 fully saturated rings. The first kappa shape index (κ1) is 19.9. The third kappa shape index (κ3) is 3.64. The summed E-state index contributed by atoms with van der Waals surface area (Å²) in [7, 11) is 1.61. The average molecular weight is 448 g/mol. The van der Waals surface area contributed by atoms with E-state index in [1.54, 1.807) is 7.11 Å². The predicted octanol–water partition coefficient (Wildman–Crippen LogP) is 5.60. The highest BCUT2D eigenvalue weighted by Crippen LogP contribution is 2.44. The van der Waals surface area contributed by atoms with Gasteiger partial charge in [0.15, 0.2) is 0 Å². The number of thiophene rings is 1. The van der Waals surface area contributed by atoms with Crippen LogP contribution in [0.25, 0.3) is 21.3 Å². The van der Waals surface area contributed by atoms with E-state index in [-0.39, 0.29) is 5.91 Å². The van der Waals surface area contributed by atoms with Gasteiger partial charge in [-0.05, 0) is 53.1 Å². The number of carbonyl (C=O) groups is 1. The van der Waals surface area contributed by atoms with Crippen LogP contribution >= 0.6 is 23.1 Å². The van der Waals surface area contributed by atoms with Crippen LogP contribution in [0.4, 0.5) is 11.4 Å². The Kier molecular flexibility index (Phi) is 5.29. The molecule has 0 unspecified atom stereocenters. The summed E-state index contributed by atoms with van der Waals surface area (Å²) < 4.78 is 5.18. The fourth-order valence-corrected chi connectivity index (χ4v) is 5.91. The highest BCUT2D eigenvalue weighted by Gasteiger charge is 2.26. The molecule has 0 spiro atoms. The van der Waals surface area contributed by atoms with Crippen LogP contribution in [0.1, 0.15) is 20.9 Å². The number of anilines is 2. The molecule has 0 saturated heterocycles. The Balaban J connectivity index is 1.62. The zero-order valence-corrected chi connectivity index (χ0v) is 18.6. The van der Waals surface area contributed by atoms with E-state index in [1.165, 1.54) is 16.9 Å². The van der Waals surface area contributed by atoms with Gasteiger partial charge < -0.3 is 15.8 Å². The van der Waals surface area contributed by atoms with Crippen LogP contribution in [-0.4, -0.2) is 23.8 Å². The standard InChI is InChI=1S/C24H21N3O2S2/c1-29-16-9-7-15(8-10-16)26-23(28)22-21(25)20-19(14-5-3-2-4-6-14)17-13-30-12-11-18(17)27-24(20)31-22/h2-10H,11-13,25H2,1H3,(H,26,28). The van der Waals surface area contributed by atoms with Gasteiger partial charge in [0, 0.05) is 22.5 Å². The van der Waals surface area contributed by atoms with Crippen molar-refractivity contribution in [3.8, 4) is 16.9 Å². The Morgan fingerprint density at radius 2 is 1.90 bits per heavy atom. The van der Waals surface area contributed by atoms with Gasteiger partial charge in [-0.2, -0.15) is 11.8 Å². The first-order valence-corrected chi connectivity index (χ1v) is 11.9. The van der Waals surface area contributed by atoms with Gasteiger partial charge in [-0.15, -0.1) is 11.3 Å². The number of aromatic nitrogens is 1. The molecule has 0 saturated carbocycles. The lowest BCUT2D eigenvalue weighted by Crippen LogP contribution is -2.12. The normalized spacial score (nSPS) is 13.1. The van der Waals surface area contributed by atoms with Crippen molar-refractivity contribution < 1.29 is 9.53 Å². The molecular formula is C24H21N3O2S2. The van der Waals surface area contributed by atoms with Crippen molar-refractivity contribution in [2.24, 2.45) is 0 Å². The van der Waals surface area contributed by atoms with E-state index in [0.717, 1.165) is 50.7 Å². The van der Waals surface area contributed by atoms with Gasteiger partial charge in [-0.25, -0.2) is 4.98 Å². The molecule has 156 valence electrons. The number of nitrogens with one attached hydrogen (secondary N) is 1. The van der Waals surface area contributed by atoms with Gasteiger partial charge in [-0.1, -0.05) is 30.3 Å². The summed E-state index contributed by atoms with van der Waals surface area (Å²) in [5.74, 6) is 2.48. The molecule has 0 aliphatic carbocycles. The number of rotatable bonds is 4. The fraction of sp³-hybridized carbons (Fsp3) is 0.167. The molecule has 1 aliphatic heterocycles. The number of aryl methyl sites for hydroxylation is 1. The van der Waals surface area contributed by atoms with E-state index >= 15 is 0 Å². The summed E-state index contributed by atoms with van der Waals surface area (Å²) in [6.45, 7) is 0. The van der Waals surface area contributed by atoms with Crippen LogP contribution in [0.2, 0.25) is 0 Å². The van der Waals surface area contributed by atoms with Crippen LogP contribution in [-0.2, 0) is 12.2 Å². The maximum Gasteiger partial charge on any atom is 0.267 e. The number of ether oxygens (including phenoxy) is 1. The molecule has 7 heteroatoms. The van der Waals surface area contributed by atoms with E-state index in [4.69, 9.17) is 15.5 Å². The number of hydrogen-bond donors (Lipinski definition) is 2. The smallest absolute Gasteiger partial charge is 0.267 e. The molecular weight excluding hydrogens is 426 g/mol. The summed E-state index contributed by atoms with van der Waals surface area (Å²) in [6.07, 6.45) is 0.932. The van der Waals surface area contributed by atoms with Crippen molar-refractivity contribution >= 4 is 50.6 Å². The Morgan fingerprint density at radius 1 is 1.13 bits per heavy atom. The van der Waals surface area contributed by atoms with E-state index in [2.05, 4.69) is 17.4 Å². The maximum absolute atomic E-state index is 13.1. The second kappa shape index (κ2) is 8.24. The Hall–Kier alpha value is -3.03. The van der Waals surface area contributed by atoms with Crippen LogP contribution in [0.5, 0.6) is 5.75 Å². The lowest BCUT2D eigenvalue weighted by Gasteiger charge is -2.20. The first-order chi connectivity index (χ1) is 15.2. The minimum absolute atomic E-state index is 0.225. The molecule has 5 nitrogen and oxygen atoms in total. The number of hydrogen-bond acceptors (Lipinski definition) is 6. The summed E-state index contributed by atoms with van der Waals surface area (Å²) in [5, 5.41) is 3.83. The predicted molar refractivity (Wildman–Crippen MR) is 130 cm³/mol. The number of nitrogen functional groups attached to an aromatic ring is 1. The average Bonchev–Trinajstić information content (AvgIpc) is 3.14. The highest BCUT2D eigenvalue weighted by molar-refractivity contribution is 7.98. The van der Waals surface area contributed by atoms with Crippen molar-refractivity contribution in [2.45, 2.75) is 12.2 Å². The topological polar surface area (TPSA) is 77.2 Å². The SMILES string of the molecule is COc1ccc(NC(=O)c2sc3nc4c(c(-c5ccccc5)c3c2N)CSCC4)cc1. The number of benzene rings is 2. The molecule has 2 aromatic carbocycles. The van der Waals surface area contributed by atoms with Crippen LogP contribution in [0, 0.1) is 0 Å². The molecule has 3 heterocycles. The number of nitrogens with zero attached hydrogens (tertiary/aromatic N) is 1. The minimum atomic E-state index is -0.225. The van der Waals surface area contributed by atoms with E-state index in [0.29, 0.717) is 16.3 Å². The largest absolute Gasteiger partial charge is 0.497 e. The van der Waals surface area contributed by atoms with Gasteiger partial charge in [-0.3, -0.25) is 4.79 Å². The molecule has 1 aliphatic rings. The quantitative estimate of drug-likeness (QED) is 0.426. The van der Waals surface area contributed by atoms with Gasteiger partial charge in [0.1, 0.15) is 15.5 Å². The lowest BCUT2D eigenvalue weighted by molar-refractivity contribution is 0.103. The Morgan fingerprint density at radius 3 is 2.65 bits per heavy atom. The molecule has 0 radical (unpaired) electrons. The molecule has 0 bridgehead atoms. The molecule has 31 heavy (non-hydrogen) atoms. The van der Waals surface area contributed by atoms with E-state index < -0.39 is 0 Å². The van der Waals surface area contributed by atoms with Crippen LogP contribution < -0.4 is 15.8 Å². The zero-order chi connectivity index (χ0) is 21.4.